The molecule has 0 atom stereocenters. The zero-order valence-corrected chi connectivity index (χ0v) is 14.6. The molecule has 4 rings (SSSR count). The molecule has 132 valence electrons. The van der Waals surface area contributed by atoms with Crippen molar-refractivity contribution >= 4 is 16.8 Å². The van der Waals surface area contributed by atoms with Crippen LogP contribution in [0.5, 0.6) is 5.75 Å². The van der Waals surface area contributed by atoms with Crippen LogP contribution in [0.4, 0.5) is 0 Å². The van der Waals surface area contributed by atoms with Crippen LogP contribution in [-0.4, -0.2) is 14.9 Å². The highest BCUT2D eigenvalue weighted by Crippen LogP contribution is 2.47. The summed E-state index contributed by atoms with van der Waals surface area (Å²) in [5.41, 5.74) is 3.67. The summed E-state index contributed by atoms with van der Waals surface area (Å²) in [7, 11) is 0. The predicted molar refractivity (Wildman–Crippen MR) is 102 cm³/mol. The van der Waals surface area contributed by atoms with Crippen LogP contribution in [0.2, 0.25) is 0 Å². The fourth-order valence-electron chi connectivity index (χ4n) is 2.92. The molecule has 0 fully saturated rings. The van der Waals surface area contributed by atoms with Crippen molar-refractivity contribution in [3.05, 3.63) is 89.5 Å². The summed E-state index contributed by atoms with van der Waals surface area (Å²) in [6.45, 7) is 0.316. The van der Waals surface area contributed by atoms with Crippen LogP contribution >= 0.6 is 11.1 Å². The second-order valence-electron chi connectivity index (χ2n) is 5.97. The fourth-order valence-corrected chi connectivity index (χ4v) is 3.76. The second-order valence-corrected chi connectivity index (χ2v) is 7.42. The minimum Gasteiger partial charge on any atom is -0.391 e. The Kier molecular flexibility index (Phi) is 4.26. The molecule has 0 aromatic heterocycles. The first-order chi connectivity index (χ1) is 12.5. The largest absolute Gasteiger partial charge is 0.391 e. The number of benzene rings is 3. The van der Waals surface area contributed by atoms with Gasteiger partial charge in [0.15, 0.2) is 11.5 Å². The van der Waals surface area contributed by atoms with E-state index < -0.39 is 11.1 Å². The summed E-state index contributed by atoms with van der Waals surface area (Å²) in [5, 5.41) is 0. The molecule has 1 aliphatic heterocycles. The smallest absolute Gasteiger partial charge is 0.203 e. The van der Waals surface area contributed by atoms with Crippen LogP contribution in [-0.2, 0) is 6.54 Å². The highest BCUT2D eigenvalue weighted by atomic mass is 32.3. The first-order valence-electron chi connectivity index (χ1n) is 8.08. The second kappa shape index (κ2) is 6.59. The molecule has 26 heavy (non-hydrogen) atoms. The molecule has 0 bridgehead atoms. The van der Waals surface area contributed by atoms with Gasteiger partial charge in [-0.2, -0.15) is 0 Å². The molecule has 5 nitrogen and oxygen atoms in total. The Hall–Kier alpha value is -2.64. The molecule has 0 radical (unpaired) electrons. The average molecular weight is 367 g/mol. The maximum absolute atomic E-state index is 12.5. The van der Waals surface area contributed by atoms with E-state index in [4.69, 9.17) is 4.18 Å². The Morgan fingerprint density at radius 1 is 0.885 bits per heavy atom. The molecule has 3 aromatic rings. The van der Waals surface area contributed by atoms with E-state index in [9.17, 15) is 13.9 Å². The zero-order valence-electron chi connectivity index (χ0n) is 13.8. The van der Waals surface area contributed by atoms with Crippen molar-refractivity contribution in [2.45, 2.75) is 6.54 Å². The summed E-state index contributed by atoms with van der Waals surface area (Å²) < 4.78 is 27.5. The van der Waals surface area contributed by atoms with Gasteiger partial charge in [-0.3, -0.25) is 13.9 Å². The molecule has 0 amide bonds. The Morgan fingerprint density at radius 3 is 2.31 bits per heavy atom. The summed E-state index contributed by atoms with van der Waals surface area (Å²) in [6.07, 6.45) is 0. The summed E-state index contributed by atoms with van der Waals surface area (Å²) in [6, 6.07) is 21.9. The third-order valence-electron chi connectivity index (χ3n) is 4.24. The van der Waals surface area contributed by atoms with Crippen LogP contribution in [0.25, 0.3) is 11.1 Å². The highest BCUT2D eigenvalue weighted by Gasteiger charge is 2.28. The summed E-state index contributed by atoms with van der Waals surface area (Å²) >= 11 is -3.29. The molecule has 1 heterocycles. The van der Waals surface area contributed by atoms with E-state index in [1.807, 2.05) is 48.5 Å². The van der Waals surface area contributed by atoms with Gasteiger partial charge in [0.25, 0.3) is 0 Å². The molecule has 1 aliphatic rings. The standard InChI is InChI=1S/C20H17NO4S/c22-19(15-5-2-1-3-6-15)16-11-9-14(10-12-16)18-8-4-7-17-13-21-26(23,24)25-20(17)18/h1-12,21,23-24H,13H2. The van der Waals surface area contributed by atoms with E-state index in [1.54, 1.807) is 24.3 Å². The van der Waals surface area contributed by atoms with E-state index in [2.05, 4.69) is 4.72 Å². The topological polar surface area (TPSA) is 78.8 Å². The maximum atomic E-state index is 12.5. The third kappa shape index (κ3) is 3.23. The zero-order chi connectivity index (χ0) is 18.1. The third-order valence-corrected chi connectivity index (χ3v) is 5.16. The van der Waals surface area contributed by atoms with Gasteiger partial charge in [-0.15, -0.1) is 0 Å². The van der Waals surface area contributed by atoms with Gasteiger partial charge < -0.3 is 4.18 Å². The van der Waals surface area contributed by atoms with Gasteiger partial charge in [-0.25, -0.2) is 4.72 Å². The van der Waals surface area contributed by atoms with Crippen molar-refractivity contribution in [1.82, 2.24) is 4.72 Å². The number of nitrogens with one attached hydrogen (secondary N) is 1. The minimum absolute atomic E-state index is 0.0399. The molecule has 0 aliphatic carbocycles. The highest BCUT2D eigenvalue weighted by molar-refractivity contribution is 8.18. The Bertz CT molecular complexity index is 955. The van der Waals surface area contributed by atoms with Crippen LogP contribution in [0.3, 0.4) is 0 Å². The summed E-state index contributed by atoms with van der Waals surface area (Å²) in [5.74, 6) is 0.412. The number of hydrogen-bond donors (Lipinski definition) is 3. The molecular weight excluding hydrogens is 350 g/mol. The van der Waals surface area contributed by atoms with Gasteiger partial charge in [-0.05, 0) is 5.56 Å². The first kappa shape index (κ1) is 16.8. The van der Waals surface area contributed by atoms with Gasteiger partial charge >= 0.3 is 0 Å². The molecule has 3 aromatic carbocycles. The quantitative estimate of drug-likeness (QED) is 0.588. The first-order valence-corrected chi connectivity index (χ1v) is 9.55. The SMILES string of the molecule is O=C(c1ccccc1)c1ccc(-c2cccc3c2OS(O)(O)NC3)cc1. The lowest BCUT2D eigenvalue weighted by atomic mass is 9.97. The molecule has 6 heteroatoms. The Morgan fingerprint density at radius 2 is 1.58 bits per heavy atom. The van der Waals surface area contributed by atoms with Gasteiger partial charge in [-0.1, -0.05) is 72.8 Å². The molecule has 0 spiro atoms. The van der Waals surface area contributed by atoms with E-state index >= 15 is 0 Å². The van der Waals surface area contributed by atoms with Crippen molar-refractivity contribution in [3.63, 3.8) is 0 Å². The van der Waals surface area contributed by atoms with Crippen LogP contribution in [0, 0.1) is 0 Å². The van der Waals surface area contributed by atoms with Gasteiger partial charge in [0.05, 0.1) is 0 Å². The van der Waals surface area contributed by atoms with E-state index in [0.29, 0.717) is 23.4 Å². The van der Waals surface area contributed by atoms with Crippen LogP contribution in [0.15, 0.2) is 72.8 Å². The van der Waals surface area contributed by atoms with Crippen LogP contribution < -0.4 is 8.91 Å². The van der Waals surface area contributed by atoms with Crippen molar-refractivity contribution in [1.29, 1.82) is 0 Å². The molecule has 0 unspecified atom stereocenters. The Labute approximate surface area is 153 Å². The lowest BCUT2D eigenvalue weighted by molar-refractivity contribution is 0.103. The van der Waals surface area contributed by atoms with E-state index in [-0.39, 0.29) is 5.78 Å². The lowest BCUT2D eigenvalue weighted by Gasteiger charge is -2.33. The van der Waals surface area contributed by atoms with Crippen molar-refractivity contribution < 1.29 is 18.1 Å². The number of para-hydroxylation sites is 1. The van der Waals surface area contributed by atoms with Crippen molar-refractivity contribution in [3.8, 4) is 16.9 Å². The molecule has 0 saturated heterocycles. The fraction of sp³-hybridized carbons (Fsp3) is 0.0500. The van der Waals surface area contributed by atoms with Gasteiger partial charge in [0.2, 0.25) is 11.1 Å². The number of hydrogen-bond acceptors (Lipinski definition) is 5. The van der Waals surface area contributed by atoms with E-state index in [1.165, 1.54) is 0 Å². The number of carbonyl (C=O) groups is 1. The van der Waals surface area contributed by atoms with Gasteiger partial charge in [0, 0.05) is 28.8 Å². The molecule has 3 N–H and O–H groups in total. The molecular formula is C20H17NO4S. The Balaban J connectivity index is 1.67. The minimum atomic E-state index is -3.29. The van der Waals surface area contributed by atoms with Crippen molar-refractivity contribution in [2.75, 3.05) is 0 Å². The number of ketones is 1. The number of rotatable bonds is 3. The summed E-state index contributed by atoms with van der Waals surface area (Å²) in [4.78, 5) is 12.5. The number of fused-ring (bicyclic) bond motifs is 1. The lowest BCUT2D eigenvalue weighted by Crippen LogP contribution is -2.28. The molecule has 0 saturated carbocycles. The monoisotopic (exact) mass is 367 g/mol. The predicted octanol–water partition coefficient (Wildman–Crippen LogP) is 4.65. The maximum Gasteiger partial charge on any atom is 0.203 e. The number of carbonyl (C=O) groups excluding carboxylic acids is 1. The normalized spacial score (nSPS) is 16.2. The van der Waals surface area contributed by atoms with Crippen molar-refractivity contribution in [2.24, 2.45) is 0 Å². The van der Waals surface area contributed by atoms with E-state index in [0.717, 1.165) is 16.7 Å². The van der Waals surface area contributed by atoms with Gasteiger partial charge in [0.1, 0.15) is 0 Å². The average Bonchev–Trinajstić information content (AvgIpc) is 2.67. The van der Waals surface area contributed by atoms with Crippen LogP contribution in [0.1, 0.15) is 21.5 Å².